The molecule has 1 aromatic rings. The van der Waals surface area contributed by atoms with E-state index >= 15 is 0 Å². The first-order valence-corrected chi connectivity index (χ1v) is 8.07. The maximum absolute atomic E-state index is 12.6. The number of Topliss-reactive ketones (excluding diaryl/α,β-unsaturated/α-hetero) is 1. The number of hydrogen-bond acceptors (Lipinski definition) is 3. The van der Waals surface area contributed by atoms with Crippen LogP contribution >= 0.6 is 11.6 Å². The summed E-state index contributed by atoms with van der Waals surface area (Å²) in [6.07, 6.45) is 2.11. The highest BCUT2D eigenvalue weighted by Gasteiger charge is 2.17. The van der Waals surface area contributed by atoms with Gasteiger partial charge in [-0.2, -0.15) is 0 Å². The zero-order valence-corrected chi connectivity index (χ0v) is 14.2. The topological polar surface area (TPSA) is 29.5 Å². The zero-order valence-electron chi connectivity index (χ0n) is 13.5. The van der Waals surface area contributed by atoms with Crippen molar-refractivity contribution in [3.8, 4) is 5.75 Å². The van der Waals surface area contributed by atoms with Crippen molar-refractivity contribution in [3.05, 3.63) is 28.8 Å². The molecule has 0 fully saturated rings. The second kappa shape index (κ2) is 9.06. The SMILES string of the molecule is CCCN(CCC)CC(=O)c1cc(Cl)ccc1OC(C)C. The molecule has 0 bridgehead atoms. The second-order valence-electron chi connectivity index (χ2n) is 5.51. The first kappa shape index (κ1) is 18.0. The van der Waals surface area contributed by atoms with Gasteiger partial charge in [0.1, 0.15) is 5.75 Å². The number of hydrogen-bond donors (Lipinski definition) is 0. The zero-order chi connectivity index (χ0) is 15.8. The predicted octanol–water partition coefficient (Wildman–Crippen LogP) is 4.43. The maximum Gasteiger partial charge on any atom is 0.180 e. The Morgan fingerprint density at radius 2 is 1.86 bits per heavy atom. The fourth-order valence-electron chi connectivity index (χ4n) is 2.27. The van der Waals surface area contributed by atoms with Gasteiger partial charge in [0.15, 0.2) is 5.78 Å². The van der Waals surface area contributed by atoms with E-state index in [9.17, 15) is 4.79 Å². The van der Waals surface area contributed by atoms with Gasteiger partial charge in [-0.05, 0) is 58.0 Å². The summed E-state index contributed by atoms with van der Waals surface area (Å²) in [4.78, 5) is 14.8. The van der Waals surface area contributed by atoms with Gasteiger partial charge in [0.05, 0.1) is 18.2 Å². The van der Waals surface area contributed by atoms with E-state index in [4.69, 9.17) is 16.3 Å². The molecule has 0 unspecified atom stereocenters. The van der Waals surface area contributed by atoms with Crippen LogP contribution in [0.25, 0.3) is 0 Å². The lowest BCUT2D eigenvalue weighted by molar-refractivity contribution is 0.0925. The Kier molecular flexibility index (Phi) is 7.76. The van der Waals surface area contributed by atoms with Gasteiger partial charge in [-0.15, -0.1) is 0 Å². The molecule has 21 heavy (non-hydrogen) atoms. The van der Waals surface area contributed by atoms with Gasteiger partial charge in [0.25, 0.3) is 0 Å². The van der Waals surface area contributed by atoms with Gasteiger partial charge in [-0.25, -0.2) is 0 Å². The van der Waals surface area contributed by atoms with Crippen LogP contribution in [0.15, 0.2) is 18.2 Å². The molecule has 4 heteroatoms. The summed E-state index contributed by atoms with van der Waals surface area (Å²) in [7, 11) is 0. The van der Waals surface area contributed by atoms with Gasteiger partial charge in [-0.1, -0.05) is 25.4 Å². The van der Waals surface area contributed by atoms with Crippen LogP contribution in [0.2, 0.25) is 5.02 Å². The lowest BCUT2D eigenvalue weighted by Gasteiger charge is -2.21. The summed E-state index contributed by atoms with van der Waals surface area (Å²) in [5.74, 6) is 0.683. The van der Waals surface area contributed by atoms with Crippen molar-refractivity contribution in [2.75, 3.05) is 19.6 Å². The summed E-state index contributed by atoms with van der Waals surface area (Å²) in [6, 6.07) is 5.24. The third-order valence-corrected chi connectivity index (χ3v) is 3.29. The minimum absolute atomic E-state index is 0.0279. The van der Waals surface area contributed by atoms with E-state index in [1.165, 1.54) is 0 Å². The molecule has 0 aliphatic rings. The Balaban J connectivity index is 2.91. The average Bonchev–Trinajstić information content (AvgIpc) is 2.40. The van der Waals surface area contributed by atoms with Gasteiger partial charge in [-0.3, -0.25) is 9.69 Å². The van der Waals surface area contributed by atoms with Crippen molar-refractivity contribution in [2.45, 2.75) is 46.6 Å². The molecule has 0 saturated carbocycles. The van der Waals surface area contributed by atoms with E-state index < -0.39 is 0 Å². The summed E-state index contributed by atoms with van der Waals surface area (Å²) < 4.78 is 5.72. The van der Waals surface area contributed by atoms with Crippen LogP contribution in [0.3, 0.4) is 0 Å². The number of nitrogens with zero attached hydrogens (tertiary/aromatic N) is 1. The second-order valence-corrected chi connectivity index (χ2v) is 5.94. The number of halogens is 1. The predicted molar refractivity (Wildman–Crippen MR) is 88.6 cm³/mol. The highest BCUT2D eigenvalue weighted by molar-refractivity contribution is 6.31. The van der Waals surface area contributed by atoms with Gasteiger partial charge >= 0.3 is 0 Å². The van der Waals surface area contributed by atoms with Crippen LogP contribution in [-0.4, -0.2) is 36.4 Å². The van der Waals surface area contributed by atoms with E-state index in [1.807, 2.05) is 13.8 Å². The number of benzene rings is 1. The minimum Gasteiger partial charge on any atom is -0.490 e. The molecule has 0 heterocycles. The molecule has 0 aliphatic heterocycles. The lowest BCUT2D eigenvalue weighted by atomic mass is 10.1. The maximum atomic E-state index is 12.6. The molecule has 0 aromatic heterocycles. The summed E-state index contributed by atoms with van der Waals surface area (Å²) in [5.41, 5.74) is 0.577. The molecule has 0 radical (unpaired) electrons. The van der Waals surface area contributed by atoms with E-state index in [2.05, 4.69) is 18.7 Å². The van der Waals surface area contributed by atoms with Crippen molar-refractivity contribution in [1.82, 2.24) is 4.90 Å². The average molecular weight is 312 g/mol. The van der Waals surface area contributed by atoms with E-state index in [0.29, 0.717) is 22.9 Å². The largest absolute Gasteiger partial charge is 0.490 e. The number of carbonyl (C=O) groups excluding carboxylic acids is 1. The Hall–Kier alpha value is -1.06. The molecule has 3 nitrogen and oxygen atoms in total. The molecule has 0 amide bonds. The van der Waals surface area contributed by atoms with Crippen molar-refractivity contribution < 1.29 is 9.53 Å². The molecule has 1 rings (SSSR count). The minimum atomic E-state index is 0.0279. The Morgan fingerprint density at radius 3 is 2.38 bits per heavy atom. The summed E-state index contributed by atoms with van der Waals surface area (Å²) in [5, 5.41) is 0.562. The van der Waals surface area contributed by atoms with Crippen molar-refractivity contribution >= 4 is 17.4 Å². The van der Waals surface area contributed by atoms with Crippen LogP contribution in [0.1, 0.15) is 50.9 Å². The smallest absolute Gasteiger partial charge is 0.180 e. The van der Waals surface area contributed by atoms with Crippen molar-refractivity contribution in [3.63, 3.8) is 0 Å². The molecular formula is C17H26ClNO2. The fraction of sp³-hybridized carbons (Fsp3) is 0.588. The summed E-state index contributed by atoms with van der Waals surface area (Å²) in [6.45, 7) is 10.4. The van der Waals surface area contributed by atoms with Crippen LogP contribution in [0, 0.1) is 0 Å². The van der Waals surface area contributed by atoms with Gasteiger partial charge in [0.2, 0.25) is 0 Å². The number of carbonyl (C=O) groups is 1. The Morgan fingerprint density at radius 1 is 1.24 bits per heavy atom. The highest BCUT2D eigenvalue weighted by Crippen LogP contribution is 2.24. The Bertz CT molecular complexity index is 454. The first-order valence-electron chi connectivity index (χ1n) is 7.69. The first-order chi connectivity index (χ1) is 9.97. The van der Waals surface area contributed by atoms with Crippen molar-refractivity contribution in [1.29, 1.82) is 0 Å². The third kappa shape index (κ3) is 6.06. The third-order valence-electron chi connectivity index (χ3n) is 3.05. The van der Waals surface area contributed by atoms with Crippen LogP contribution in [0.4, 0.5) is 0 Å². The molecule has 0 spiro atoms. The van der Waals surface area contributed by atoms with E-state index in [0.717, 1.165) is 25.9 Å². The molecule has 0 aliphatic carbocycles. The molecule has 0 saturated heterocycles. The van der Waals surface area contributed by atoms with Crippen LogP contribution in [-0.2, 0) is 0 Å². The molecule has 0 atom stereocenters. The molecule has 118 valence electrons. The quantitative estimate of drug-likeness (QED) is 0.632. The molecule has 0 N–H and O–H groups in total. The lowest BCUT2D eigenvalue weighted by Crippen LogP contribution is -2.31. The standard InChI is InChI=1S/C17H26ClNO2/c1-5-9-19(10-6-2)12-16(20)15-11-14(18)7-8-17(15)21-13(3)4/h7-8,11,13H,5-6,9-10,12H2,1-4H3. The van der Waals surface area contributed by atoms with Crippen molar-refractivity contribution in [2.24, 2.45) is 0 Å². The van der Waals surface area contributed by atoms with Gasteiger partial charge < -0.3 is 4.74 Å². The van der Waals surface area contributed by atoms with E-state index in [-0.39, 0.29) is 11.9 Å². The molecule has 1 aromatic carbocycles. The van der Waals surface area contributed by atoms with Gasteiger partial charge in [0, 0.05) is 5.02 Å². The van der Waals surface area contributed by atoms with Crippen LogP contribution in [0.5, 0.6) is 5.75 Å². The Labute approximate surface area is 133 Å². The molecular weight excluding hydrogens is 286 g/mol. The fourth-order valence-corrected chi connectivity index (χ4v) is 2.44. The number of ketones is 1. The normalized spacial score (nSPS) is 11.2. The highest BCUT2D eigenvalue weighted by atomic mass is 35.5. The number of rotatable bonds is 9. The number of ether oxygens (including phenoxy) is 1. The monoisotopic (exact) mass is 311 g/mol. The van der Waals surface area contributed by atoms with E-state index in [1.54, 1.807) is 18.2 Å². The van der Waals surface area contributed by atoms with Crippen LogP contribution < -0.4 is 4.74 Å². The summed E-state index contributed by atoms with van der Waals surface area (Å²) >= 11 is 6.03.